The maximum atomic E-state index is 14.3. The van der Waals surface area contributed by atoms with E-state index in [2.05, 4.69) is 30.7 Å². The molecule has 7 rings (SSSR count). The highest BCUT2D eigenvalue weighted by Gasteiger charge is 2.56. The predicted molar refractivity (Wildman–Crippen MR) is 202 cm³/mol. The number of nitrogens with zero attached hydrogens (tertiary/aromatic N) is 2. The minimum atomic E-state index is -4.40. The zero-order valence-corrected chi connectivity index (χ0v) is 33.0. The quantitative estimate of drug-likeness (QED) is 0.156. The lowest BCUT2D eigenvalue weighted by molar-refractivity contribution is -0.0686. The van der Waals surface area contributed by atoms with Gasteiger partial charge in [0.2, 0.25) is 0 Å². The van der Waals surface area contributed by atoms with E-state index >= 15 is 0 Å². The van der Waals surface area contributed by atoms with E-state index in [0.717, 1.165) is 14.9 Å². The molecule has 3 aliphatic heterocycles. The second kappa shape index (κ2) is 15.1. The number of aliphatic hydroxyl groups is 1. The molecular weight excluding hydrogens is 751 g/mol. The van der Waals surface area contributed by atoms with Crippen LogP contribution in [0.25, 0.3) is 0 Å². The third-order valence-corrected chi connectivity index (χ3v) is 17.0. The van der Waals surface area contributed by atoms with E-state index in [1.807, 2.05) is 60.7 Å². The lowest BCUT2D eigenvalue weighted by atomic mass is 9.99. The second-order valence-corrected chi connectivity index (χ2v) is 21.0. The molecule has 0 bridgehead atoms. The topological polar surface area (TPSA) is 202 Å². The molecule has 3 fully saturated rings. The van der Waals surface area contributed by atoms with Crippen molar-refractivity contribution < 1.29 is 37.1 Å². The molecule has 18 heteroatoms. The van der Waals surface area contributed by atoms with Crippen molar-refractivity contribution in [2.24, 2.45) is 5.92 Å². The standard InChI is InChI=1S/C37H45N4O12PSi/c1-22-17-40(35(45)38-32(22)43)30-16-27(53-55(37(3,4)5,24-12-8-6-9-13-24)25-14-10-7-11-15-25)29(50-30)21-49-54(47)48-20-26-28(19-42)51-34(31(26)52-54)41-18-23(2)33(44)39-36(41)46/h6-15,17-18,26-31,34,42H,16,19-21H2,1-5H3,(H,38,43,45)(H,39,44,46)/t26?,27-,28+,29+,30+,31?,34+,54+/m0/s1. The number of fused-ring (bicyclic) bond motifs is 1. The fourth-order valence-electron chi connectivity index (χ4n) is 7.74. The molecule has 0 amide bonds. The largest absolute Gasteiger partial charge is 0.475 e. The number of aromatic amines is 2. The zero-order chi connectivity index (χ0) is 39.3. The Morgan fingerprint density at radius 2 is 1.42 bits per heavy atom. The van der Waals surface area contributed by atoms with Crippen LogP contribution < -0.4 is 32.9 Å². The molecule has 3 aliphatic rings. The van der Waals surface area contributed by atoms with Gasteiger partial charge < -0.3 is 19.0 Å². The molecule has 3 N–H and O–H groups in total. The molecule has 0 aliphatic carbocycles. The number of aryl methyl sites for hydroxylation is 2. The molecule has 0 saturated carbocycles. The second-order valence-electron chi connectivity index (χ2n) is 15.2. The molecule has 8 atom stereocenters. The number of hydrogen-bond acceptors (Lipinski definition) is 12. The van der Waals surface area contributed by atoms with Gasteiger partial charge in [-0.1, -0.05) is 81.4 Å². The summed E-state index contributed by atoms with van der Waals surface area (Å²) in [5, 5.41) is 11.7. The number of phosphoric acid groups is 1. The Morgan fingerprint density at radius 3 is 1.98 bits per heavy atom. The first-order chi connectivity index (χ1) is 26.1. The fraction of sp³-hybridized carbons (Fsp3) is 0.459. The summed E-state index contributed by atoms with van der Waals surface area (Å²) < 4.78 is 54.3. The van der Waals surface area contributed by atoms with Crippen molar-refractivity contribution in [2.45, 2.75) is 82.9 Å². The summed E-state index contributed by atoms with van der Waals surface area (Å²) in [5.74, 6) is -0.631. The van der Waals surface area contributed by atoms with Crippen LogP contribution in [0.3, 0.4) is 0 Å². The third-order valence-electron chi connectivity index (χ3n) is 10.5. The number of aliphatic hydroxyl groups excluding tert-OH is 1. The smallest absolute Gasteiger partial charge is 0.402 e. The third kappa shape index (κ3) is 7.36. The molecule has 16 nitrogen and oxygen atoms in total. The van der Waals surface area contributed by atoms with Gasteiger partial charge in [0.05, 0.1) is 32.0 Å². The molecule has 294 valence electrons. The van der Waals surface area contributed by atoms with Crippen LogP contribution in [-0.4, -0.2) is 76.8 Å². The average Bonchev–Trinajstić information content (AvgIpc) is 3.73. The Labute approximate surface area is 316 Å². The van der Waals surface area contributed by atoms with Crippen LogP contribution in [0, 0.1) is 19.8 Å². The van der Waals surface area contributed by atoms with Crippen molar-refractivity contribution in [1.82, 2.24) is 19.1 Å². The van der Waals surface area contributed by atoms with Gasteiger partial charge in [0.1, 0.15) is 18.4 Å². The van der Waals surface area contributed by atoms with Crippen LogP contribution in [0.2, 0.25) is 5.04 Å². The van der Waals surface area contributed by atoms with Gasteiger partial charge in [-0.15, -0.1) is 0 Å². The Balaban J connectivity index is 1.23. The lowest BCUT2D eigenvalue weighted by Crippen LogP contribution is -2.68. The maximum absolute atomic E-state index is 14.3. The number of phosphoric ester groups is 1. The Hall–Kier alpha value is -4.03. The Kier molecular flexibility index (Phi) is 10.8. The highest BCUT2D eigenvalue weighted by atomic mass is 31.2. The summed E-state index contributed by atoms with van der Waals surface area (Å²) in [6, 6.07) is 19.9. The Morgan fingerprint density at radius 1 is 0.855 bits per heavy atom. The molecular formula is C37H45N4O12PSi. The summed E-state index contributed by atoms with van der Waals surface area (Å²) >= 11 is 0. The highest BCUT2D eigenvalue weighted by molar-refractivity contribution is 7.48. The van der Waals surface area contributed by atoms with Gasteiger partial charge in [-0.25, -0.2) is 14.2 Å². The molecule has 5 heterocycles. The maximum Gasteiger partial charge on any atom is 0.475 e. The van der Waals surface area contributed by atoms with Crippen molar-refractivity contribution in [3.63, 3.8) is 0 Å². The van der Waals surface area contributed by atoms with Crippen molar-refractivity contribution >= 4 is 26.5 Å². The fourth-order valence-corrected chi connectivity index (χ4v) is 13.9. The number of H-pyrrole nitrogens is 2. The number of ether oxygens (including phenoxy) is 2. The van der Waals surface area contributed by atoms with Crippen molar-refractivity contribution in [3.8, 4) is 0 Å². The predicted octanol–water partition coefficient (Wildman–Crippen LogP) is 1.98. The zero-order valence-electron chi connectivity index (χ0n) is 31.1. The van der Waals surface area contributed by atoms with Crippen LogP contribution in [0.4, 0.5) is 0 Å². The van der Waals surface area contributed by atoms with E-state index in [1.54, 1.807) is 6.92 Å². The van der Waals surface area contributed by atoms with E-state index < -0.39 is 93.1 Å². The molecule has 2 aromatic heterocycles. The SMILES string of the molecule is Cc1cn([C@@H]2O[C@H](CO)C3CO[P@](=O)(OC[C@H]4O[C@@H](n5cc(C)c(=O)[nH]c5=O)C[C@@H]4O[Si](c4ccccc4)(c4ccccc4)C(C)(C)C)OC32)c(=O)[nH]c1=O. The van der Waals surface area contributed by atoms with Crippen LogP contribution in [0.15, 0.2) is 92.2 Å². The summed E-state index contributed by atoms with van der Waals surface area (Å²) in [7, 11) is -7.61. The molecule has 2 aromatic carbocycles. The van der Waals surface area contributed by atoms with E-state index in [1.165, 1.54) is 23.9 Å². The monoisotopic (exact) mass is 796 g/mol. The summed E-state index contributed by atoms with van der Waals surface area (Å²) in [5.41, 5.74) is -1.98. The van der Waals surface area contributed by atoms with Crippen LogP contribution in [0.1, 0.15) is 50.8 Å². The molecule has 4 aromatic rings. The first-order valence-corrected chi connectivity index (χ1v) is 21.4. The van der Waals surface area contributed by atoms with Crippen molar-refractivity contribution in [3.05, 3.63) is 126 Å². The van der Waals surface area contributed by atoms with Gasteiger partial charge in [0, 0.05) is 35.9 Å². The van der Waals surface area contributed by atoms with Gasteiger partial charge in [-0.2, -0.15) is 0 Å². The average molecular weight is 797 g/mol. The molecule has 55 heavy (non-hydrogen) atoms. The van der Waals surface area contributed by atoms with Crippen molar-refractivity contribution in [2.75, 3.05) is 19.8 Å². The molecule has 0 spiro atoms. The number of aromatic nitrogens is 4. The first kappa shape index (κ1) is 39.2. The van der Waals surface area contributed by atoms with E-state index in [-0.39, 0.29) is 25.2 Å². The molecule has 0 radical (unpaired) electrons. The molecule has 2 unspecified atom stereocenters. The van der Waals surface area contributed by atoms with E-state index in [4.69, 9.17) is 27.5 Å². The van der Waals surface area contributed by atoms with Gasteiger partial charge in [0.15, 0.2) is 6.23 Å². The van der Waals surface area contributed by atoms with Crippen LogP contribution in [-0.2, 0) is 32.0 Å². The first-order valence-electron chi connectivity index (χ1n) is 18.1. The summed E-state index contributed by atoms with van der Waals surface area (Å²) in [4.78, 5) is 54.9. The van der Waals surface area contributed by atoms with Crippen LogP contribution >= 0.6 is 7.82 Å². The Bertz CT molecular complexity index is 2270. The van der Waals surface area contributed by atoms with Crippen LogP contribution in [0.5, 0.6) is 0 Å². The number of hydrogen-bond donors (Lipinski definition) is 3. The number of rotatable bonds is 10. The number of benzene rings is 2. The highest BCUT2D eigenvalue weighted by Crippen LogP contribution is 2.59. The normalized spacial score (nSPS) is 28.3. The van der Waals surface area contributed by atoms with Gasteiger partial charge in [0.25, 0.3) is 19.4 Å². The van der Waals surface area contributed by atoms with Crippen molar-refractivity contribution in [1.29, 1.82) is 0 Å². The van der Waals surface area contributed by atoms with Gasteiger partial charge in [-0.05, 0) is 29.3 Å². The molecule has 3 saturated heterocycles. The summed E-state index contributed by atoms with van der Waals surface area (Å²) in [6.07, 6.45) is -2.70. The summed E-state index contributed by atoms with van der Waals surface area (Å²) in [6.45, 7) is 8.49. The lowest BCUT2D eigenvalue weighted by Gasteiger charge is -2.45. The minimum Gasteiger partial charge on any atom is -0.402 e. The van der Waals surface area contributed by atoms with E-state index in [9.17, 15) is 28.8 Å². The minimum absolute atomic E-state index is 0.170. The van der Waals surface area contributed by atoms with Gasteiger partial charge in [-0.3, -0.25) is 42.3 Å². The van der Waals surface area contributed by atoms with E-state index in [0.29, 0.717) is 5.56 Å². The number of nitrogens with one attached hydrogen (secondary N) is 2. The van der Waals surface area contributed by atoms with Gasteiger partial charge >= 0.3 is 19.2 Å².